The highest BCUT2D eigenvalue weighted by Crippen LogP contribution is 2.35. The fourth-order valence-electron chi connectivity index (χ4n) is 3.11. The molecule has 2 aromatic rings. The summed E-state index contributed by atoms with van der Waals surface area (Å²) in [7, 11) is 1.52. The third-order valence-electron chi connectivity index (χ3n) is 4.30. The van der Waals surface area contributed by atoms with E-state index in [0.717, 1.165) is 11.3 Å². The minimum atomic E-state index is -0.578. The van der Waals surface area contributed by atoms with Crippen molar-refractivity contribution in [3.05, 3.63) is 47.0 Å². The summed E-state index contributed by atoms with van der Waals surface area (Å²) < 4.78 is 10.7. The lowest BCUT2D eigenvalue weighted by molar-refractivity contribution is 0.0584. The number of rotatable bonds is 3. The fourth-order valence-corrected chi connectivity index (χ4v) is 3.28. The van der Waals surface area contributed by atoms with Crippen LogP contribution >= 0.6 is 11.6 Å². The van der Waals surface area contributed by atoms with Gasteiger partial charge < -0.3 is 20.1 Å². The van der Waals surface area contributed by atoms with Crippen molar-refractivity contribution in [1.82, 2.24) is 0 Å². The number of carbonyl (C=O) groups is 2. The van der Waals surface area contributed by atoms with Crippen molar-refractivity contribution in [3.8, 4) is 5.75 Å². The quantitative estimate of drug-likeness (QED) is 0.711. The number of nitrogens with zero attached hydrogens (tertiary/aromatic N) is 1. The number of ether oxygens (including phenoxy) is 2. The van der Waals surface area contributed by atoms with E-state index >= 15 is 0 Å². The fraction of sp³-hybridized carbons (Fsp3) is 0.333. The molecule has 0 saturated carbocycles. The van der Waals surface area contributed by atoms with Crippen LogP contribution in [0.3, 0.4) is 0 Å². The summed E-state index contributed by atoms with van der Waals surface area (Å²) in [6.07, 6.45) is 0.215. The maximum absolute atomic E-state index is 12.5. The minimum absolute atomic E-state index is 0.401. The van der Waals surface area contributed by atoms with E-state index in [9.17, 15) is 9.59 Å². The van der Waals surface area contributed by atoms with E-state index in [4.69, 9.17) is 21.1 Å². The molecule has 7 nitrogen and oxygen atoms in total. The predicted molar refractivity (Wildman–Crippen MR) is 114 cm³/mol. The number of hydrogen-bond donors (Lipinski definition) is 2. The van der Waals surface area contributed by atoms with E-state index < -0.39 is 17.7 Å². The minimum Gasteiger partial charge on any atom is -0.495 e. The second-order valence-corrected chi connectivity index (χ2v) is 8.05. The van der Waals surface area contributed by atoms with Crippen LogP contribution in [0.5, 0.6) is 5.75 Å². The summed E-state index contributed by atoms with van der Waals surface area (Å²) in [6.45, 7) is 5.98. The average molecular weight is 418 g/mol. The third kappa shape index (κ3) is 4.92. The summed E-state index contributed by atoms with van der Waals surface area (Å²) in [5, 5.41) is 6.07. The Hall–Kier alpha value is -2.93. The predicted octanol–water partition coefficient (Wildman–Crippen LogP) is 5.29. The molecular formula is C21H24ClN3O4. The molecule has 2 aromatic carbocycles. The van der Waals surface area contributed by atoms with Crippen LogP contribution in [0.1, 0.15) is 26.3 Å². The van der Waals surface area contributed by atoms with E-state index in [1.165, 1.54) is 7.11 Å². The van der Waals surface area contributed by atoms with Crippen molar-refractivity contribution >= 4 is 40.8 Å². The molecule has 0 fully saturated rings. The monoisotopic (exact) mass is 417 g/mol. The Bertz CT molecular complexity index is 940. The highest BCUT2D eigenvalue weighted by atomic mass is 35.5. The molecule has 0 unspecified atom stereocenters. The van der Waals surface area contributed by atoms with Gasteiger partial charge in [-0.05, 0) is 57.5 Å². The Morgan fingerprint density at radius 3 is 2.52 bits per heavy atom. The third-order valence-corrected chi connectivity index (χ3v) is 4.53. The van der Waals surface area contributed by atoms with Gasteiger partial charge in [-0.15, -0.1) is 0 Å². The standard InChI is InChI=1S/C21H24ClN3O4/c1-21(2,3)29-20(27)25-11-10-14-15(6-5-7-17(14)25)23-19(26)24-16-12-13(22)8-9-18(16)28-4/h5-9,12H,10-11H2,1-4H3,(H2,23,24,26). The molecule has 3 rings (SSSR count). The number of hydrogen-bond acceptors (Lipinski definition) is 4. The zero-order valence-electron chi connectivity index (χ0n) is 16.8. The number of urea groups is 1. The number of carbonyl (C=O) groups excluding carboxylic acids is 2. The van der Waals surface area contributed by atoms with Crippen LogP contribution in [0.15, 0.2) is 36.4 Å². The van der Waals surface area contributed by atoms with Crippen molar-refractivity contribution in [2.45, 2.75) is 32.8 Å². The summed E-state index contributed by atoms with van der Waals surface area (Å²) in [5.74, 6) is 0.499. The first-order valence-corrected chi connectivity index (χ1v) is 9.59. The number of anilines is 3. The molecule has 1 aliphatic heterocycles. The van der Waals surface area contributed by atoms with Gasteiger partial charge in [-0.1, -0.05) is 17.7 Å². The van der Waals surface area contributed by atoms with Gasteiger partial charge in [0.25, 0.3) is 0 Å². The Labute approximate surface area is 174 Å². The molecule has 0 radical (unpaired) electrons. The lowest BCUT2D eigenvalue weighted by Gasteiger charge is -2.25. The van der Waals surface area contributed by atoms with Crippen LogP contribution in [0, 0.1) is 0 Å². The first kappa shape index (κ1) is 20.8. The second-order valence-electron chi connectivity index (χ2n) is 7.61. The van der Waals surface area contributed by atoms with E-state index in [1.54, 1.807) is 35.2 Å². The maximum Gasteiger partial charge on any atom is 0.414 e. The number of nitrogens with one attached hydrogen (secondary N) is 2. The molecule has 2 N–H and O–H groups in total. The van der Waals surface area contributed by atoms with Gasteiger partial charge in [-0.3, -0.25) is 4.90 Å². The summed E-state index contributed by atoms with van der Waals surface area (Å²) in [4.78, 5) is 26.6. The van der Waals surface area contributed by atoms with E-state index in [2.05, 4.69) is 10.6 Å². The van der Waals surface area contributed by atoms with Crippen molar-refractivity contribution in [2.75, 3.05) is 29.2 Å². The first-order chi connectivity index (χ1) is 13.7. The highest BCUT2D eigenvalue weighted by Gasteiger charge is 2.30. The van der Waals surface area contributed by atoms with Crippen molar-refractivity contribution in [3.63, 3.8) is 0 Å². The van der Waals surface area contributed by atoms with E-state index in [-0.39, 0.29) is 0 Å². The smallest absolute Gasteiger partial charge is 0.414 e. The molecule has 0 atom stereocenters. The number of benzene rings is 2. The van der Waals surface area contributed by atoms with Gasteiger partial charge in [0, 0.05) is 22.8 Å². The van der Waals surface area contributed by atoms with Gasteiger partial charge in [0.15, 0.2) is 0 Å². The average Bonchev–Trinajstić information content (AvgIpc) is 3.06. The normalized spacial score (nSPS) is 12.9. The van der Waals surface area contributed by atoms with Crippen LogP contribution < -0.4 is 20.3 Å². The van der Waals surface area contributed by atoms with Crippen LogP contribution in [0.25, 0.3) is 0 Å². The van der Waals surface area contributed by atoms with Crippen LogP contribution in [-0.4, -0.2) is 31.4 Å². The van der Waals surface area contributed by atoms with Crippen LogP contribution in [-0.2, 0) is 11.2 Å². The number of fused-ring (bicyclic) bond motifs is 1. The molecule has 3 amide bonds. The number of halogens is 1. The van der Waals surface area contributed by atoms with Gasteiger partial charge in [0.2, 0.25) is 0 Å². The maximum atomic E-state index is 12.5. The van der Waals surface area contributed by atoms with Gasteiger partial charge in [0.1, 0.15) is 11.4 Å². The van der Waals surface area contributed by atoms with Crippen molar-refractivity contribution in [2.24, 2.45) is 0 Å². The molecule has 0 saturated heterocycles. The SMILES string of the molecule is COc1ccc(Cl)cc1NC(=O)Nc1cccc2c1CCN2C(=O)OC(C)(C)C. The van der Waals surface area contributed by atoms with Gasteiger partial charge in [-0.2, -0.15) is 0 Å². The molecular weight excluding hydrogens is 394 g/mol. The summed E-state index contributed by atoms with van der Waals surface area (Å²) in [5.41, 5.74) is 2.13. The Morgan fingerprint density at radius 1 is 1.10 bits per heavy atom. The van der Waals surface area contributed by atoms with Gasteiger partial charge >= 0.3 is 12.1 Å². The zero-order chi connectivity index (χ0) is 21.2. The molecule has 0 bridgehead atoms. The Balaban J connectivity index is 1.76. The van der Waals surface area contributed by atoms with E-state index in [0.29, 0.717) is 35.1 Å². The molecule has 8 heteroatoms. The second kappa shape index (κ2) is 8.21. The Morgan fingerprint density at radius 2 is 1.83 bits per heavy atom. The highest BCUT2D eigenvalue weighted by molar-refractivity contribution is 6.31. The molecule has 29 heavy (non-hydrogen) atoms. The first-order valence-electron chi connectivity index (χ1n) is 9.22. The summed E-state index contributed by atoms with van der Waals surface area (Å²) in [6, 6.07) is 9.96. The Kier molecular flexibility index (Phi) is 5.88. The summed E-state index contributed by atoms with van der Waals surface area (Å²) >= 11 is 6.01. The molecule has 1 heterocycles. The molecule has 0 aliphatic carbocycles. The molecule has 0 spiro atoms. The number of methoxy groups -OCH3 is 1. The molecule has 154 valence electrons. The molecule has 1 aliphatic rings. The lowest BCUT2D eigenvalue weighted by atomic mass is 10.1. The largest absolute Gasteiger partial charge is 0.495 e. The lowest BCUT2D eigenvalue weighted by Crippen LogP contribution is -2.35. The number of amides is 3. The van der Waals surface area contributed by atoms with E-state index in [1.807, 2.05) is 26.8 Å². The van der Waals surface area contributed by atoms with Crippen molar-refractivity contribution in [1.29, 1.82) is 0 Å². The van der Waals surface area contributed by atoms with Crippen LogP contribution in [0.4, 0.5) is 26.7 Å². The van der Waals surface area contributed by atoms with Crippen LogP contribution in [0.2, 0.25) is 5.02 Å². The van der Waals surface area contributed by atoms with Crippen molar-refractivity contribution < 1.29 is 19.1 Å². The van der Waals surface area contributed by atoms with Gasteiger partial charge in [0.05, 0.1) is 18.5 Å². The topological polar surface area (TPSA) is 79.9 Å². The zero-order valence-corrected chi connectivity index (χ0v) is 17.6. The van der Waals surface area contributed by atoms with Gasteiger partial charge in [-0.25, -0.2) is 9.59 Å². The molecule has 0 aromatic heterocycles.